The summed E-state index contributed by atoms with van der Waals surface area (Å²) in [5, 5.41) is 0. The minimum absolute atomic E-state index is 0.0220. The van der Waals surface area contributed by atoms with Crippen molar-refractivity contribution in [2.75, 3.05) is 6.61 Å². The van der Waals surface area contributed by atoms with E-state index in [9.17, 15) is 14.4 Å². The maximum absolute atomic E-state index is 12.9. The molecule has 36 heavy (non-hydrogen) atoms. The van der Waals surface area contributed by atoms with Gasteiger partial charge in [-0.1, -0.05) is 39.8 Å². The number of allylic oxidation sites excluding steroid dienone is 1. The first kappa shape index (κ1) is 27.2. The molecule has 8 atom stereocenters. The standard InChI is InChI=1S/C30H46O6/c1-7-9-26(32)35-24-13-14-28(5)22-12-11-21-17-30(22,16-19(21)3)25(36-27(33)10-8-2)15-23(28)29(24,6)18-34-20(4)31/h21-25H,3,7-18H2,1-2,4-6H3/t21-,22+,23?,24-,25+,28+,29-,30+/m1/s1. The van der Waals surface area contributed by atoms with Gasteiger partial charge in [0.25, 0.3) is 0 Å². The van der Waals surface area contributed by atoms with Crippen molar-refractivity contribution in [3.8, 4) is 0 Å². The molecule has 6 nitrogen and oxygen atoms in total. The molecule has 0 aromatic heterocycles. The predicted octanol–water partition coefficient (Wildman–Crippen LogP) is 6.16. The monoisotopic (exact) mass is 502 g/mol. The topological polar surface area (TPSA) is 78.9 Å². The van der Waals surface area contributed by atoms with Crippen LogP contribution in [0, 0.1) is 34.0 Å². The summed E-state index contributed by atoms with van der Waals surface area (Å²) >= 11 is 0. The molecule has 0 radical (unpaired) electrons. The van der Waals surface area contributed by atoms with Crippen LogP contribution in [0.2, 0.25) is 0 Å². The lowest BCUT2D eigenvalue weighted by molar-refractivity contribution is -0.243. The van der Waals surface area contributed by atoms with E-state index in [-0.39, 0.29) is 53.5 Å². The minimum Gasteiger partial charge on any atom is -0.465 e. The average molecular weight is 503 g/mol. The van der Waals surface area contributed by atoms with Crippen molar-refractivity contribution in [2.45, 2.75) is 117 Å². The smallest absolute Gasteiger partial charge is 0.306 e. The van der Waals surface area contributed by atoms with Crippen molar-refractivity contribution in [1.82, 2.24) is 0 Å². The molecule has 4 rings (SSSR count). The maximum atomic E-state index is 12.9. The van der Waals surface area contributed by atoms with E-state index in [0.717, 1.165) is 51.4 Å². The number of hydrogen-bond donors (Lipinski definition) is 0. The molecule has 0 aromatic carbocycles. The summed E-state index contributed by atoms with van der Waals surface area (Å²) in [6, 6.07) is 0. The molecule has 1 unspecified atom stereocenters. The molecule has 202 valence electrons. The first-order valence-corrected chi connectivity index (χ1v) is 14.2. The summed E-state index contributed by atoms with van der Waals surface area (Å²) in [5.41, 5.74) is 0.682. The zero-order chi connectivity index (χ0) is 26.3. The quantitative estimate of drug-likeness (QED) is 0.225. The first-order valence-electron chi connectivity index (χ1n) is 14.2. The van der Waals surface area contributed by atoms with Crippen LogP contribution < -0.4 is 0 Å². The van der Waals surface area contributed by atoms with Gasteiger partial charge in [-0.25, -0.2) is 0 Å². The largest absolute Gasteiger partial charge is 0.465 e. The molecule has 4 aliphatic carbocycles. The normalized spacial score (nSPS) is 41.1. The highest BCUT2D eigenvalue weighted by atomic mass is 16.6. The third kappa shape index (κ3) is 4.51. The van der Waals surface area contributed by atoms with Gasteiger partial charge < -0.3 is 14.2 Å². The Hall–Kier alpha value is -1.85. The van der Waals surface area contributed by atoms with Crippen molar-refractivity contribution < 1.29 is 28.6 Å². The van der Waals surface area contributed by atoms with Gasteiger partial charge in [0.2, 0.25) is 0 Å². The number of ether oxygens (including phenoxy) is 3. The summed E-state index contributed by atoms with van der Waals surface area (Å²) in [4.78, 5) is 37.4. The number of carbonyl (C=O) groups is 3. The molecule has 6 heteroatoms. The highest BCUT2D eigenvalue weighted by molar-refractivity contribution is 5.70. The molecule has 4 saturated carbocycles. The highest BCUT2D eigenvalue weighted by Gasteiger charge is 2.70. The van der Waals surface area contributed by atoms with Gasteiger partial charge in [-0.2, -0.15) is 0 Å². The number of fused-ring (bicyclic) bond motifs is 3. The Morgan fingerprint density at radius 1 is 0.944 bits per heavy atom. The molecular formula is C30H46O6. The van der Waals surface area contributed by atoms with Crippen LogP contribution in [-0.2, 0) is 28.6 Å². The van der Waals surface area contributed by atoms with E-state index in [0.29, 0.717) is 31.1 Å². The fourth-order valence-corrected chi connectivity index (χ4v) is 8.91. The lowest BCUT2D eigenvalue weighted by Gasteiger charge is -2.66. The zero-order valence-corrected chi connectivity index (χ0v) is 23.0. The van der Waals surface area contributed by atoms with Gasteiger partial charge in [0.15, 0.2) is 0 Å². The van der Waals surface area contributed by atoms with Crippen LogP contribution in [0.25, 0.3) is 0 Å². The second kappa shape index (κ2) is 10.1. The Balaban J connectivity index is 1.74. The first-order chi connectivity index (χ1) is 17.0. The third-order valence-corrected chi connectivity index (χ3v) is 10.5. The Kier molecular flexibility index (Phi) is 7.65. The number of rotatable bonds is 8. The Morgan fingerprint density at radius 2 is 1.58 bits per heavy atom. The van der Waals surface area contributed by atoms with E-state index in [1.54, 1.807) is 0 Å². The molecule has 0 aliphatic heterocycles. The molecule has 0 aromatic rings. The predicted molar refractivity (Wildman–Crippen MR) is 137 cm³/mol. The van der Waals surface area contributed by atoms with Gasteiger partial charge in [0.05, 0.1) is 0 Å². The highest BCUT2D eigenvalue weighted by Crippen LogP contribution is 2.72. The van der Waals surface area contributed by atoms with Crippen molar-refractivity contribution in [2.24, 2.45) is 34.0 Å². The van der Waals surface area contributed by atoms with E-state index >= 15 is 0 Å². The lowest BCUT2D eigenvalue weighted by atomic mass is 9.40. The van der Waals surface area contributed by atoms with Crippen LogP contribution in [0.15, 0.2) is 12.2 Å². The number of esters is 3. The van der Waals surface area contributed by atoms with Gasteiger partial charge in [0.1, 0.15) is 18.8 Å². The average Bonchev–Trinajstić information content (AvgIpc) is 3.05. The SMILES string of the molecule is C=C1C[C@]23C[C@H]1CC[C@H]2[C@]1(C)CC[C@@H](OC(=O)CCC)[C@](C)(COC(C)=O)C1C[C@@H]3OC(=O)CCC. The van der Waals surface area contributed by atoms with E-state index in [4.69, 9.17) is 14.2 Å². The van der Waals surface area contributed by atoms with Gasteiger partial charge in [-0.15, -0.1) is 0 Å². The molecule has 4 fully saturated rings. The van der Waals surface area contributed by atoms with Crippen molar-refractivity contribution in [3.05, 3.63) is 12.2 Å². The summed E-state index contributed by atoms with van der Waals surface area (Å²) in [6.07, 6.45) is 8.43. The van der Waals surface area contributed by atoms with E-state index in [1.165, 1.54) is 12.5 Å². The van der Waals surface area contributed by atoms with E-state index < -0.39 is 5.41 Å². The lowest BCUT2D eigenvalue weighted by Crippen LogP contribution is -2.66. The molecule has 0 amide bonds. The second-order valence-corrected chi connectivity index (χ2v) is 12.7. The summed E-state index contributed by atoms with van der Waals surface area (Å²) in [6.45, 7) is 14.6. The van der Waals surface area contributed by atoms with E-state index in [1.807, 2.05) is 13.8 Å². The van der Waals surface area contributed by atoms with Gasteiger partial charge in [0, 0.05) is 30.6 Å². The molecule has 0 heterocycles. The van der Waals surface area contributed by atoms with E-state index in [2.05, 4.69) is 20.4 Å². The van der Waals surface area contributed by atoms with Crippen LogP contribution in [0.3, 0.4) is 0 Å². The van der Waals surface area contributed by atoms with Crippen LogP contribution in [0.5, 0.6) is 0 Å². The van der Waals surface area contributed by atoms with Crippen LogP contribution in [0.1, 0.15) is 105 Å². The van der Waals surface area contributed by atoms with Crippen molar-refractivity contribution in [3.63, 3.8) is 0 Å². The third-order valence-electron chi connectivity index (χ3n) is 10.5. The minimum atomic E-state index is -0.550. The maximum Gasteiger partial charge on any atom is 0.306 e. The Morgan fingerprint density at radius 3 is 2.19 bits per heavy atom. The van der Waals surface area contributed by atoms with Crippen molar-refractivity contribution in [1.29, 1.82) is 0 Å². The Labute approximate surface area is 216 Å². The van der Waals surface area contributed by atoms with Gasteiger partial charge >= 0.3 is 17.9 Å². The summed E-state index contributed by atoms with van der Waals surface area (Å²) in [7, 11) is 0. The molecular weight excluding hydrogens is 456 g/mol. The fourth-order valence-electron chi connectivity index (χ4n) is 8.91. The molecule has 2 bridgehead atoms. The molecule has 4 aliphatic rings. The molecule has 1 spiro atoms. The summed E-state index contributed by atoms with van der Waals surface area (Å²) in [5.74, 6) is 0.370. The zero-order valence-electron chi connectivity index (χ0n) is 23.0. The second-order valence-electron chi connectivity index (χ2n) is 12.7. The van der Waals surface area contributed by atoms with Crippen molar-refractivity contribution >= 4 is 17.9 Å². The van der Waals surface area contributed by atoms with Gasteiger partial charge in [-0.05, 0) is 81.0 Å². The molecule has 0 N–H and O–H groups in total. The van der Waals surface area contributed by atoms with Crippen LogP contribution in [0.4, 0.5) is 0 Å². The van der Waals surface area contributed by atoms with Crippen LogP contribution >= 0.6 is 0 Å². The summed E-state index contributed by atoms with van der Waals surface area (Å²) < 4.78 is 18.1. The molecule has 0 saturated heterocycles. The Bertz CT molecular complexity index is 896. The van der Waals surface area contributed by atoms with Gasteiger partial charge in [-0.3, -0.25) is 14.4 Å². The number of hydrogen-bond acceptors (Lipinski definition) is 6. The fraction of sp³-hybridized carbons (Fsp3) is 0.833. The number of carbonyl (C=O) groups excluding carboxylic acids is 3. The van der Waals surface area contributed by atoms with Crippen LogP contribution in [-0.4, -0.2) is 36.7 Å².